The molecule has 1 rings (SSSR count). The highest BCUT2D eigenvalue weighted by Gasteiger charge is 2.26. The quantitative estimate of drug-likeness (QED) is 0.410. The van der Waals surface area contributed by atoms with Crippen LogP contribution in [0.5, 0.6) is 0 Å². The fraction of sp³-hybridized carbons (Fsp3) is 0. The van der Waals surface area contributed by atoms with Gasteiger partial charge in [-0.05, 0) is 0 Å². The highest BCUT2D eigenvalue weighted by molar-refractivity contribution is 4.99. The summed E-state index contributed by atoms with van der Waals surface area (Å²) in [6.45, 7) is 0. The van der Waals surface area contributed by atoms with Crippen molar-refractivity contribution < 1.29 is 26.9 Å². The molecule has 0 aliphatic rings. The lowest BCUT2D eigenvalue weighted by Gasteiger charge is -1.89. The third-order valence-electron chi connectivity index (χ3n) is 0.990. The standard InChI is InChI=1S/C5F5N/c6-1-2(7)4(9)11-5(10)3(1)8/p+1. The van der Waals surface area contributed by atoms with E-state index in [1.807, 2.05) is 0 Å². The molecular weight excluding hydrogens is 169 g/mol. The third-order valence-corrected chi connectivity index (χ3v) is 0.990. The number of hydrogen-bond acceptors (Lipinski definition) is 0. The van der Waals surface area contributed by atoms with E-state index >= 15 is 0 Å². The number of aromatic amines is 1. The summed E-state index contributed by atoms with van der Waals surface area (Å²) in [5.74, 6) is -10.0. The van der Waals surface area contributed by atoms with Crippen LogP contribution in [0.1, 0.15) is 0 Å². The lowest BCUT2D eigenvalue weighted by molar-refractivity contribution is -0.468. The molecule has 1 aromatic rings. The van der Waals surface area contributed by atoms with Crippen molar-refractivity contribution in [1.82, 2.24) is 0 Å². The average Bonchev–Trinajstić information content (AvgIpc) is 1.97. The van der Waals surface area contributed by atoms with Crippen LogP contribution < -0.4 is 4.98 Å². The predicted octanol–water partition coefficient (Wildman–Crippen LogP) is 1.20. The first-order chi connectivity index (χ1) is 5.04. The minimum absolute atomic E-state index is 1.02. The Labute approximate surface area is 57.5 Å². The van der Waals surface area contributed by atoms with E-state index in [2.05, 4.69) is 0 Å². The Bertz CT molecular complexity index is 271. The molecule has 1 N–H and O–H groups in total. The van der Waals surface area contributed by atoms with Crippen LogP contribution in [-0.4, -0.2) is 0 Å². The van der Waals surface area contributed by atoms with Crippen LogP contribution in [0.3, 0.4) is 0 Å². The molecule has 1 nitrogen and oxygen atoms in total. The molecule has 0 spiro atoms. The van der Waals surface area contributed by atoms with E-state index in [0.29, 0.717) is 0 Å². The van der Waals surface area contributed by atoms with Gasteiger partial charge >= 0.3 is 11.9 Å². The lowest BCUT2D eigenvalue weighted by atomic mass is 10.4. The third kappa shape index (κ3) is 1.15. The molecule has 1 heterocycles. The van der Waals surface area contributed by atoms with E-state index in [0.717, 1.165) is 4.98 Å². The van der Waals surface area contributed by atoms with Crippen LogP contribution in [0.15, 0.2) is 0 Å². The lowest BCUT2D eigenvalue weighted by Crippen LogP contribution is -2.21. The van der Waals surface area contributed by atoms with Crippen LogP contribution in [0.4, 0.5) is 22.0 Å². The first-order valence-corrected chi connectivity index (χ1v) is 2.44. The number of aromatic nitrogens is 1. The second kappa shape index (κ2) is 2.44. The number of H-pyrrole nitrogens is 1. The molecule has 1 aromatic heterocycles. The molecule has 0 aliphatic heterocycles. The first kappa shape index (κ1) is 7.90. The summed E-state index contributed by atoms with van der Waals surface area (Å²) in [5, 5.41) is 0. The predicted molar refractivity (Wildman–Crippen MR) is 22.8 cm³/mol. The Morgan fingerprint density at radius 1 is 0.636 bits per heavy atom. The van der Waals surface area contributed by atoms with Crippen LogP contribution in [0, 0.1) is 29.3 Å². The molecule has 0 saturated carbocycles. The van der Waals surface area contributed by atoms with Crippen LogP contribution in [-0.2, 0) is 0 Å². The molecule has 0 bridgehead atoms. The summed E-state index contributed by atoms with van der Waals surface area (Å²) in [6.07, 6.45) is 0. The van der Waals surface area contributed by atoms with Gasteiger partial charge in [-0.3, -0.25) is 0 Å². The van der Waals surface area contributed by atoms with Gasteiger partial charge in [0.15, 0.2) is 0 Å². The van der Waals surface area contributed by atoms with Gasteiger partial charge in [-0.1, -0.05) is 0 Å². The molecule has 0 aliphatic carbocycles. The molecule has 0 unspecified atom stereocenters. The molecule has 0 atom stereocenters. The van der Waals surface area contributed by atoms with E-state index in [1.54, 1.807) is 0 Å². The minimum Gasteiger partial charge on any atom is -0.200 e. The average molecular weight is 170 g/mol. The summed E-state index contributed by atoms with van der Waals surface area (Å²) in [5.41, 5.74) is 0. The van der Waals surface area contributed by atoms with Gasteiger partial charge in [-0.25, -0.2) is 0 Å². The minimum atomic E-state index is -2.17. The van der Waals surface area contributed by atoms with Crippen LogP contribution in [0.2, 0.25) is 0 Å². The maximum absolute atomic E-state index is 12.0. The summed E-state index contributed by atoms with van der Waals surface area (Å²) in [6, 6.07) is 0. The molecule has 0 fully saturated rings. The van der Waals surface area contributed by atoms with E-state index in [1.165, 1.54) is 0 Å². The molecule has 0 saturated heterocycles. The molecule has 0 radical (unpaired) electrons. The summed E-state index contributed by atoms with van der Waals surface area (Å²) in [7, 11) is 0. The maximum Gasteiger partial charge on any atom is 0.399 e. The topological polar surface area (TPSA) is 14.1 Å². The SMILES string of the molecule is Fc1[nH+]c(F)c(F)c(F)c1F. The molecule has 60 valence electrons. The maximum atomic E-state index is 12.0. The van der Waals surface area contributed by atoms with Crippen molar-refractivity contribution in [3.63, 3.8) is 0 Å². The Balaban J connectivity index is 3.46. The number of nitrogens with one attached hydrogen (secondary N) is 1. The highest BCUT2D eigenvalue weighted by Crippen LogP contribution is 2.10. The van der Waals surface area contributed by atoms with Crippen molar-refractivity contribution >= 4 is 0 Å². The number of rotatable bonds is 0. The van der Waals surface area contributed by atoms with Crippen molar-refractivity contribution in [1.29, 1.82) is 0 Å². The normalized spacial score (nSPS) is 10.3. The number of pyridine rings is 1. The fourth-order valence-electron chi connectivity index (χ4n) is 0.495. The zero-order valence-electron chi connectivity index (χ0n) is 4.89. The van der Waals surface area contributed by atoms with Crippen molar-refractivity contribution in [2.75, 3.05) is 0 Å². The van der Waals surface area contributed by atoms with Gasteiger partial charge in [-0.2, -0.15) is 13.2 Å². The van der Waals surface area contributed by atoms with Gasteiger partial charge in [0, 0.05) is 0 Å². The van der Waals surface area contributed by atoms with Gasteiger partial charge in [-0.15, -0.1) is 13.8 Å². The van der Waals surface area contributed by atoms with E-state index in [4.69, 9.17) is 0 Å². The molecular formula is C5HF5N+. The Morgan fingerprint density at radius 2 is 1.00 bits per heavy atom. The van der Waals surface area contributed by atoms with Crippen LogP contribution >= 0.6 is 0 Å². The van der Waals surface area contributed by atoms with Gasteiger partial charge in [0.1, 0.15) is 0 Å². The van der Waals surface area contributed by atoms with E-state index in [-0.39, 0.29) is 0 Å². The summed E-state index contributed by atoms with van der Waals surface area (Å²) in [4.78, 5) is 1.02. The van der Waals surface area contributed by atoms with Gasteiger partial charge in [0.2, 0.25) is 5.82 Å². The Morgan fingerprint density at radius 3 is 1.36 bits per heavy atom. The van der Waals surface area contributed by atoms with Gasteiger partial charge < -0.3 is 0 Å². The zero-order chi connectivity index (χ0) is 8.59. The Kier molecular flexibility index (Phi) is 1.76. The van der Waals surface area contributed by atoms with Crippen molar-refractivity contribution in [3.05, 3.63) is 29.3 Å². The van der Waals surface area contributed by atoms with Gasteiger partial charge in [0.05, 0.1) is 0 Å². The molecule has 11 heavy (non-hydrogen) atoms. The monoisotopic (exact) mass is 170 g/mol. The first-order valence-electron chi connectivity index (χ1n) is 2.44. The molecule has 0 aromatic carbocycles. The number of halogens is 5. The summed E-state index contributed by atoms with van der Waals surface area (Å²) < 4.78 is 59.9. The smallest absolute Gasteiger partial charge is 0.200 e. The van der Waals surface area contributed by atoms with Crippen molar-refractivity contribution in [3.8, 4) is 0 Å². The van der Waals surface area contributed by atoms with Gasteiger partial charge in [0.25, 0.3) is 11.6 Å². The zero-order valence-corrected chi connectivity index (χ0v) is 4.89. The van der Waals surface area contributed by atoms with Crippen molar-refractivity contribution in [2.45, 2.75) is 0 Å². The van der Waals surface area contributed by atoms with Crippen LogP contribution in [0.25, 0.3) is 0 Å². The fourth-order valence-corrected chi connectivity index (χ4v) is 0.495. The highest BCUT2D eigenvalue weighted by atomic mass is 19.2. The number of hydrogen-bond donors (Lipinski definition) is 0. The summed E-state index contributed by atoms with van der Waals surface area (Å²) >= 11 is 0. The second-order valence-corrected chi connectivity index (χ2v) is 1.69. The second-order valence-electron chi connectivity index (χ2n) is 1.69. The molecule has 0 amide bonds. The molecule has 6 heteroatoms. The van der Waals surface area contributed by atoms with E-state index in [9.17, 15) is 22.0 Å². The Hall–Kier alpha value is -1.20. The largest absolute Gasteiger partial charge is 0.399 e. The van der Waals surface area contributed by atoms with Crippen molar-refractivity contribution in [2.24, 2.45) is 0 Å². The van der Waals surface area contributed by atoms with E-state index < -0.39 is 29.3 Å².